The van der Waals surface area contributed by atoms with Gasteiger partial charge in [0.2, 0.25) is 0 Å². The maximum absolute atomic E-state index is 10.5. The third kappa shape index (κ3) is 2.32. The Morgan fingerprint density at radius 2 is 2.07 bits per heavy atom. The Bertz CT molecular complexity index is 328. The highest BCUT2D eigenvalue weighted by Gasteiger charge is 2.33. The van der Waals surface area contributed by atoms with Crippen molar-refractivity contribution in [2.75, 3.05) is 0 Å². The molecule has 1 N–H and O–H groups in total. The van der Waals surface area contributed by atoms with Crippen molar-refractivity contribution in [3.8, 4) is 0 Å². The van der Waals surface area contributed by atoms with Crippen molar-refractivity contribution in [1.82, 2.24) is 4.98 Å². The summed E-state index contributed by atoms with van der Waals surface area (Å²) in [6.07, 6.45) is 5.52. The second-order valence-corrected chi connectivity index (χ2v) is 4.97. The molecule has 2 nitrogen and oxygen atoms in total. The quantitative estimate of drug-likeness (QED) is 0.745. The van der Waals surface area contributed by atoms with Crippen LogP contribution >= 0.6 is 11.6 Å². The van der Waals surface area contributed by atoms with Crippen molar-refractivity contribution in [2.45, 2.75) is 38.2 Å². The second kappa shape index (κ2) is 4.11. The van der Waals surface area contributed by atoms with Crippen molar-refractivity contribution >= 4 is 11.6 Å². The molecule has 82 valence electrons. The summed E-state index contributed by atoms with van der Waals surface area (Å²) >= 11 is 5.73. The molecule has 1 aliphatic rings. The molecule has 0 aromatic carbocycles. The van der Waals surface area contributed by atoms with Crippen LogP contribution in [-0.2, 0) is 5.60 Å². The molecule has 1 aliphatic carbocycles. The van der Waals surface area contributed by atoms with E-state index < -0.39 is 5.60 Å². The summed E-state index contributed by atoms with van der Waals surface area (Å²) < 4.78 is 0. The molecule has 1 aromatic rings. The van der Waals surface area contributed by atoms with Crippen molar-refractivity contribution in [2.24, 2.45) is 5.92 Å². The predicted octanol–water partition coefficient (Wildman–Crippen LogP) is 3.13. The Kier molecular flexibility index (Phi) is 2.98. The van der Waals surface area contributed by atoms with E-state index >= 15 is 0 Å². The first-order chi connectivity index (χ1) is 7.10. The Hall–Kier alpha value is -0.600. The Morgan fingerprint density at radius 1 is 1.40 bits per heavy atom. The number of aromatic nitrogens is 1. The van der Waals surface area contributed by atoms with Crippen LogP contribution in [-0.4, -0.2) is 10.1 Å². The molecule has 15 heavy (non-hydrogen) atoms. The van der Waals surface area contributed by atoms with Crippen LogP contribution in [0.25, 0.3) is 0 Å². The smallest absolute Gasteiger partial charge is 0.129 e. The van der Waals surface area contributed by atoms with Gasteiger partial charge in [-0.3, -0.25) is 0 Å². The lowest BCUT2D eigenvalue weighted by Crippen LogP contribution is -2.30. The molecular formula is C12H16ClNO. The summed E-state index contributed by atoms with van der Waals surface area (Å²) in [5.41, 5.74) is 0.225. The molecule has 1 saturated carbocycles. The van der Waals surface area contributed by atoms with Gasteiger partial charge in [0, 0.05) is 11.8 Å². The monoisotopic (exact) mass is 225 g/mol. The lowest BCUT2D eigenvalue weighted by Gasteiger charge is -2.35. The lowest BCUT2D eigenvalue weighted by molar-refractivity contribution is -0.0122. The number of hydrogen-bond acceptors (Lipinski definition) is 2. The maximum atomic E-state index is 10.5. The van der Waals surface area contributed by atoms with E-state index in [9.17, 15) is 5.11 Å². The van der Waals surface area contributed by atoms with Crippen LogP contribution in [0.1, 0.15) is 38.2 Å². The standard InChI is InChI=1S/C12H16ClNO/c1-9-4-6-12(15,7-5-9)10-2-3-11(13)14-8-10/h2-3,8-9,15H,4-7H2,1H3. The van der Waals surface area contributed by atoms with Gasteiger partial charge in [0.15, 0.2) is 0 Å². The molecule has 0 amide bonds. The minimum atomic E-state index is -0.676. The first-order valence-electron chi connectivity index (χ1n) is 5.44. The summed E-state index contributed by atoms with van der Waals surface area (Å²) in [6, 6.07) is 3.62. The molecule has 1 aromatic heterocycles. The number of hydrogen-bond donors (Lipinski definition) is 1. The number of aliphatic hydroxyl groups is 1. The van der Waals surface area contributed by atoms with E-state index in [1.165, 1.54) is 0 Å². The maximum Gasteiger partial charge on any atom is 0.129 e. The number of nitrogens with zero attached hydrogens (tertiary/aromatic N) is 1. The predicted molar refractivity (Wildman–Crippen MR) is 60.8 cm³/mol. The van der Waals surface area contributed by atoms with Crippen molar-refractivity contribution in [3.63, 3.8) is 0 Å². The van der Waals surface area contributed by atoms with Crippen LogP contribution in [0.2, 0.25) is 5.15 Å². The van der Waals surface area contributed by atoms with E-state index in [4.69, 9.17) is 11.6 Å². The molecule has 2 rings (SSSR count). The minimum Gasteiger partial charge on any atom is -0.385 e. The molecular weight excluding hydrogens is 210 g/mol. The van der Waals surface area contributed by atoms with E-state index in [0.29, 0.717) is 5.15 Å². The fraction of sp³-hybridized carbons (Fsp3) is 0.583. The topological polar surface area (TPSA) is 33.1 Å². The van der Waals surface area contributed by atoms with E-state index in [0.717, 1.165) is 37.2 Å². The van der Waals surface area contributed by atoms with Gasteiger partial charge in [-0.25, -0.2) is 4.98 Å². The minimum absolute atomic E-state index is 0.478. The molecule has 0 bridgehead atoms. The van der Waals surface area contributed by atoms with E-state index in [-0.39, 0.29) is 0 Å². The van der Waals surface area contributed by atoms with Gasteiger partial charge >= 0.3 is 0 Å². The molecule has 0 unspecified atom stereocenters. The van der Waals surface area contributed by atoms with Gasteiger partial charge in [-0.1, -0.05) is 24.6 Å². The third-order valence-corrected chi connectivity index (χ3v) is 3.59. The zero-order valence-corrected chi connectivity index (χ0v) is 9.67. The first-order valence-corrected chi connectivity index (χ1v) is 5.82. The number of rotatable bonds is 1. The summed E-state index contributed by atoms with van der Waals surface area (Å²) in [6.45, 7) is 2.24. The van der Waals surface area contributed by atoms with Gasteiger partial charge in [0.25, 0.3) is 0 Å². The average Bonchev–Trinajstić information content (AvgIpc) is 2.24. The van der Waals surface area contributed by atoms with Crippen LogP contribution in [0.15, 0.2) is 18.3 Å². The van der Waals surface area contributed by atoms with Gasteiger partial charge in [0.1, 0.15) is 5.15 Å². The lowest BCUT2D eigenvalue weighted by atomic mass is 9.76. The highest BCUT2D eigenvalue weighted by atomic mass is 35.5. The Balaban J connectivity index is 2.18. The van der Waals surface area contributed by atoms with Crippen LogP contribution in [0.4, 0.5) is 0 Å². The highest BCUT2D eigenvalue weighted by molar-refractivity contribution is 6.29. The fourth-order valence-corrected chi connectivity index (χ4v) is 2.29. The highest BCUT2D eigenvalue weighted by Crippen LogP contribution is 2.39. The molecule has 0 aliphatic heterocycles. The van der Waals surface area contributed by atoms with Crippen molar-refractivity contribution in [3.05, 3.63) is 29.0 Å². The molecule has 0 saturated heterocycles. The van der Waals surface area contributed by atoms with Crippen LogP contribution in [0.5, 0.6) is 0 Å². The zero-order chi connectivity index (χ0) is 10.9. The first kappa shape index (κ1) is 10.9. The van der Waals surface area contributed by atoms with E-state index in [1.807, 2.05) is 6.07 Å². The average molecular weight is 226 g/mol. The largest absolute Gasteiger partial charge is 0.385 e. The van der Waals surface area contributed by atoms with E-state index in [1.54, 1.807) is 12.3 Å². The molecule has 3 heteroatoms. The second-order valence-electron chi connectivity index (χ2n) is 4.58. The number of pyridine rings is 1. The summed E-state index contributed by atoms with van der Waals surface area (Å²) in [5, 5.41) is 10.9. The molecule has 0 radical (unpaired) electrons. The van der Waals surface area contributed by atoms with Crippen molar-refractivity contribution < 1.29 is 5.11 Å². The fourth-order valence-electron chi connectivity index (χ4n) is 2.18. The van der Waals surface area contributed by atoms with Gasteiger partial charge in [0.05, 0.1) is 5.60 Å². The van der Waals surface area contributed by atoms with Crippen LogP contribution in [0.3, 0.4) is 0 Å². The summed E-state index contributed by atoms with van der Waals surface area (Å²) in [4.78, 5) is 4.02. The zero-order valence-electron chi connectivity index (χ0n) is 8.91. The summed E-state index contributed by atoms with van der Waals surface area (Å²) in [7, 11) is 0. The van der Waals surface area contributed by atoms with Crippen LogP contribution in [0, 0.1) is 5.92 Å². The normalized spacial score (nSPS) is 31.5. The SMILES string of the molecule is CC1CCC(O)(c2ccc(Cl)nc2)CC1. The van der Waals surface area contributed by atoms with Gasteiger partial charge in [-0.15, -0.1) is 0 Å². The Morgan fingerprint density at radius 3 is 2.60 bits per heavy atom. The Labute approximate surface area is 95.3 Å². The molecule has 1 heterocycles. The van der Waals surface area contributed by atoms with Crippen molar-refractivity contribution in [1.29, 1.82) is 0 Å². The van der Waals surface area contributed by atoms with Gasteiger partial charge < -0.3 is 5.11 Å². The van der Waals surface area contributed by atoms with Gasteiger partial charge in [-0.05, 0) is 37.7 Å². The molecule has 1 fully saturated rings. The van der Waals surface area contributed by atoms with Gasteiger partial charge in [-0.2, -0.15) is 0 Å². The third-order valence-electron chi connectivity index (χ3n) is 3.37. The van der Waals surface area contributed by atoms with E-state index in [2.05, 4.69) is 11.9 Å². The summed E-state index contributed by atoms with van der Waals surface area (Å²) in [5.74, 6) is 0.727. The molecule has 0 atom stereocenters. The number of halogens is 1. The van der Waals surface area contributed by atoms with Crippen LogP contribution < -0.4 is 0 Å². The molecule has 0 spiro atoms.